The molecule has 2 N–H and O–H groups in total. The van der Waals surface area contributed by atoms with E-state index in [9.17, 15) is 18.0 Å². The molecule has 3 rings (SSSR count). The van der Waals surface area contributed by atoms with Crippen molar-refractivity contribution in [2.24, 2.45) is 10.1 Å². The lowest BCUT2D eigenvalue weighted by Gasteiger charge is -2.04. The van der Waals surface area contributed by atoms with Crippen molar-refractivity contribution >= 4 is 44.6 Å². The van der Waals surface area contributed by atoms with Crippen LogP contribution in [0.15, 0.2) is 56.5 Å². The number of aryl methyl sites for hydroxylation is 1. The van der Waals surface area contributed by atoms with Crippen molar-refractivity contribution in [3.8, 4) is 0 Å². The number of nitrogens with two attached hydrogens (primary N) is 1. The molecule has 29 heavy (non-hydrogen) atoms. The molecule has 0 atom stereocenters. The Balaban J connectivity index is 1.64. The normalized spacial score (nSPS) is 12.1. The number of rotatable bonds is 6. The largest absolute Gasteiger partial charge is 0.452 e. The van der Waals surface area contributed by atoms with Gasteiger partial charge in [0.15, 0.2) is 11.4 Å². The first-order valence-electron chi connectivity index (χ1n) is 8.28. The quantitative estimate of drug-likeness (QED) is 0.574. The second-order valence-electron chi connectivity index (χ2n) is 6.08. The lowest BCUT2D eigenvalue weighted by Crippen LogP contribution is -2.19. The Labute approximate surface area is 175 Å². The van der Waals surface area contributed by atoms with Crippen LogP contribution in [0.2, 0.25) is 0 Å². The third-order valence-electron chi connectivity index (χ3n) is 3.77. The first-order chi connectivity index (χ1) is 13.7. The van der Waals surface area contributed by atoms with Crippen LogP contribution in [0.3, 0.4) is 0 Å². The molecule has 0 aliphatic carbocycles. The zero-order valence-corrected chi connectivity index (χ0v) is 17.7. The number of carbonyl (C=O) groups is 2. The molecule has 0 aliphatic rings. The van der Waals surface area contributed by atoms with Gasteiger partial charge in [0.2, 0.25) is 10.0 Å². The fourth-order valence-corrected chi connectivity index (χ4v) is 4.64. The number of esters is 1. The van der Waals surface area contributed by atoms with Crippen LogP contribution in [0.5, 0.6) is 0 Å². The average molecular weight is 452 g/mol. The zero-order chi connectivity index (χ0) is 21.0. The molecular formula is C18H17N3O5S3. The van der Waals surface area contributed by atoms with Gasteiger partial charge in [0, 0.05) is 23.5 Å². The first-order valence-corrected chi connectivity index (χ1v) is 11.6. The maximum absolute atomic E-state index is 12.1. The summed E-state index contributed by atoms with van der Waals surface area (Å²) < 4.78 is 29.1. The molecule has 1 amide bonds. The van der Waals surface area contributed by atoms with E-state index >= 15 is 0 Å². The lowest BCUT2D eigenvalue weighted by atomic mass is 10.1. The van der Waals surface area contributed by atoms with E-state index in [0.717, 1.165) is 28.5 Å². The highest BCUT2D eigenvalue weighted by molar-refractivity contribution is 7.91. The number of primary sulfonamides is 1. The van der Waals surface area contributed by atoms with Crippen LogP contribution in [0.25, 0.3) is 0 Å². The number of sulfonamides is 1. The van der Waals surface area contributed by atoms with Gasteiger partial charge < -0.3 is 9.30 Å². The van der Waals surface area contributed by atoms with Gasteiger partial charge in [-0.3, -0.25) is 4.79 Å². The smallest absolute Gasteiger partial charge is 0.339 e. The molecule has 0 unspecified atom stereocenters. The van der Waals surface area contributed by atoms with E-state index in [1.54, 1.807) is 0 Å². The number of thiophene rings is 1. The fourth-order valence-electron chi connectivity index (χ4n) is 2.32. The van der Waals surface area contributed by atoms with E-state index < -0.39 is 28.5 Å². The average Bonchev–Trinajstić information content (AvgIpc) is 3.31. The molecule has 0 aliphatic heterocycles. The van der Waals surface area contributed by atoms with Gasteiger partial charge >= 0.3 is 5.97 Å². The van der Waals surface area contributed by atoms with Crippen LogP contribution >= 0.6 is 22.7 Å². The Morgan fingerprint density at radius 1 is 1.21 bits per heavy atom. The molecule has 0 bridgehead atoms. The second-order valence-corrected chi connectivity index (χ2v) is 9.65. The molecule has 0 saturated heterocycles. The Hall–Kier alpha value is -2.60. The van der Waals surface area contributed by atoms with E-state index in [1.807, 2.05) is 47.3 Å². The minimum absolute atomic E-state index is 0.0115. The standard InChI is InChI=1S/C18H17N3O5S3/c1-12-2-4-13(5-3-12)9-21-6-7-27-18(21)20-15(22)10-26-17(23)14-8-16(28-11-14)29(19,24)25/h2-8,11H,9-10H2,1H3,(H2,19,24,25). The van der Waals surface area contributed by atoms with Crippen molar-refractivity contribution < 1.29 is 22.7 Å². The summed E-state index contributed by atoms with van der Waals surface area (Å²) in [4.78, 5) is 28.6. The van der Waals surface area contributed by atoms with E-state index in [-0.39, 0.29) is 9.77 Å². The van der Waals surface area contributed by atoms with E-state index in [2.05, 4.69) is 4.99 Å². The van der Waals surface area contributed by atoms with Gasteiger partial charge in [-0.2, -0.15) is 4.99 Å². The van der Waals surface area contributed by atoms with Crippen LogP contribution in [0, 0.1) is 6.92 Å². The van der Waals surface area contributed by atoms with Gasteiger partial charge in [0.05, 0.1) is 5.56 Å². The number of benzene rings is 1. The van der Waals surface area contributed by atoms with Crippen LogP contribution < -0.4 is 9.94 Å². The summed E-state index contributed by atoms with van der Waals surface area (Å²) in [6.07, 6.45) is 1.82. The number of carbonyl (C=O) groups excluding carboxylic acids is 2. The Bertz CT molecular complexity index is 1200. The van der Waals surface area contributed by atoms with Crippen molar-refractivity contribution in [2.75, 3.05) is 6.61 Å². The summed E-state index contributed by atoms with van der Waals surface area (Å²) in [6, 6.07) is 9.14. The van der Waals surface area contributed by atoms with Gasteiger partial charge in [-0.15, -0.1) is 22.7 Å². The third-order valence-corrected chi connectivity index (χ3v) is 6.95. The molecular weight excluding hydrogens is 434 g/mol. The number of amides is 1. The summed E-state index contributed by atoms with van der Waals surface area (Å²) in [5.41, 5.74) is 2.24. The Morgan fingerprint density at radius 3 is 2.59 bits per heavy atom. The molecule has 8 nitrogen and oxygen atoms in total. The zero-order valence-electron chi connectivity index (χ0n) is 15.3. The van der Waals surface area contributed by atoms with E-state index in [0.29, 0.717) is 11.3 Å². The highest BCUT2D eigenvalue weighted by Crippen LogP contribution is 2.19. The minimum Gasteiger partial charge on any atom is -0.452 e. The molecule has 1 aromatic carbocycles. The summed E-state index contributed by atoms with van der Waals surface area (Å²) in [6.45, 7) is 2.01. The van der Waals surface area contributed by atoms with Crippen molar-refractivity contribution in [1.29, 1.82) is 0 Å². The number of nitrogens with zero attached hydrogens (tertiary/aromatic N) is 2. The predicted molar refractivity (Wildman–Crippen MR) is 109 cm³/mol. The van der Waals surface area contributed by atoms with Crippen molar-refractivity contribution in [1.82, 2.24) is 4.57 Å². The maximum atomic E-state index is 12.1. The van der Waals surface area contributed by atoms with Gasteiger partial charge in [-0.1, -0.05) is 29.8 Å². The summed E-state index contributed by atoms with van der Waals surface area (Å²) >= 11 is 2.10. The van der Waals surface area contributed by atoms with Gasteiger partial charge in [-0.05, 0) is 18.6 Å². The van der Waals surface area contributed by atoms with Crippen molar-refractivity contribution in [2.45, 2.75) is 17.7 Å². The van der Waals surface area contributed by atoms with Gasteiger partial charge in [0.25, 0.3) is 5.91 Å². The number of hydrogen-bond acceptors (Lipinski definition) is 7. The Morgan fingerprint density at radius 2 is 1.93 bits per heavy atom. The summed E-state index contributed by atoms with van der Waals surface area (Å²) in [5.74, 6) is -1.45. The topological polar surface area (TPSA) is 121 Å². The van der Waals surface area contributed by atoms with Gasteiger partial charge in [0.1, 0.15) is 4.21 Å². The summed E-state index contributed by atoms with van der Waals surface area (Å²) in [5, 5.41) is 8.12. The molecule has 11 heteroatoms. The number of aromatic nitrogens is 1. The molecule has 0 radical (unpaired) electrons. The summed E-state index contributed by atoms with van der Waals surface area (Å²) in [7, 11) is -3.89. The fraction of sp³-hybridized carbons (Fsp3) is 0.167. The molecule has 0 spiro atoms. The van der Waals surface area contributed by atoms with Gasteiger partial charge in [-0.25, -0.2) is 18.4 Å². The highest BCUT2D eigenvalue weighted by atomic mass is 32.2. The van der Waals surface area contributed by atoms with Crippen molar-refractivity contribution in [3.05, 3.63) is 68.8 Å². The van der Waals surface area contributed by atoms with Crippen LogP contribution in [-0.2, 0) is 26.1 Å². The van der Waals surface area contributed by atoms with E-state index in [4.69, 9.17) is 9.88 Å². The molecule has 2 aromatic heterocycles. The maximum Gasteiger partial charge on any atom is 0.339 e. The predicted octanol–water partition coefficient (Wildman–Crippen LogP) is 1.90. The van der Waals surface area contributed by atoms with Crippen molar-refractivity contribution in [3.63, 3.8) is 0 Å². The first kappa shape index (κ1) is 21.1. The molecule has 3 aromatic rings. The number of hydrogen-bond donors (Lipinski definition) is 1. The minimum atomic E-state index is -3.89. The lowest BCUT2D eigenvalue weighted by molar-refractivity contribution is -0.121. The van der Waals surface area contributed by atoms with Crippen LogP contribution in [-0.4, -0.2) is 31.5 Å². The van der Waals surface area contributed by atoms with Crippen LogP contribution in [0.4, 0.5) is 0 Å². The molecule has 0 fully saturated rings. The second kappa shape index (κ2) is 8.82. The third kappa shape index (κ3) is 5.70. The SMILES string of the molecule is Cc1ccc(Cn2ccsc2=NC(=O)COC(=O)c2csc(S(N)(=O)=O)c2)cc1. The highest BCUT2D eigenvalue weighted by Gasteiger charge is 2.17. The van der Waals surface area contributed by atoms with E-state index in [1.165, 1.54) is 16.7 Å². The number of ether oxygens (including phenoxy) is 1. The molecule has 0 saturated carbocycles. The van der Waals surface area contributed by atoms with Crippen LogP contribution in [0.1, 0.15) is 21.5 Å². The number of thiazole rings is 1. The molecule has 2 heterocycles. The monoisotopic (exact) mass is 451 g/mol. The molecule has 152 valence electrons. The Kier molecular flexibility index (Phi) is 6.42.